The molecule has 22 heavy (non-hydrogen) atoms. The Morgan fingerprint density at radius 2 is 2.14 bits per heavy atom. The Morgan fingerprint density at radius 1 is 1.27 bits per heavy atom. The number of hydrogen-bond acceptors (Lipinski definition) is 2. The Balaban J connectivity index is 1.78. The van der Waals surface area contributed by atoms with Gasteiger partial charge in [-0.2, -0.15) is 0 Å². The number of aliphatic hydroxyl groups is 1. The van der Waals surface area contributed by atoms with Gasteiger partial charge >= 0.3 is 0 Å². The lowest BCUT2D eigenvalue weighted by Gasteiger charge is -2.34. The van der Waals surface area contributed by atoms with E-state index in [1.165, 1.54) is 28.8 Å². The highest BCUT2D eigenvalue weighted by Crippen LogP contribution is 2.51. The third-order valence-corrected chi connectivity index (χ3v) is 5.58. The van der Waals surface area contributed by atoms with Crippen LogP contribution in [0.5, 0.6) is 0 Å². The van der Waals surface area contributed by atoms with E-state index in [9.17, 15) is 5.11 Å². The van der Waals surface area contributed by atoms with Crippen molar-refractivity contribution in [1.82, 2.24) is 4.90 Å². The summed E-state index contributed by atoms with van der Waals surface area (Å²) in [5, 5.41) is 9.35. The van der Waals surface area contributed by atoms with Gasteiger partial charge in [0, 0.05) is 30.8 Å². The molecule has 0 spiro atoms. The summed E-state index contributed by atoms with van der Waals surface area (Å²) in [5.41, 5.74) is 5.76. The van der Waals surface area contributed by atoms with Crippen molar-refractivity contribution in [2.45, 2.75) is 43.0 Å². The summed E-state index contributed by atoms with van der Waals surface area (Å²) in [6, 6.07) is 9.39. The second-order valence-electron chi connectivity index (χ2n) is 6.52. The van der Waals surface area contributed by atoms with Crippen molar-refractivity contribution < 1.29 is 5.11 Å². The minimum atomic E-state index is 0.117. The lowest BCUT2D eigenvalue weighted by atomic mass is 9.76. The highest BCUT2D eigenvalue weighted by Gasteiger charge is 2.44. The van der Waals surface area contributed by atoms with E-state index in [2.05, 4.69) is 41.3 Å². The number of hydrogen-bond donors (Lipinski definition) is 1. The van der Waals surface area contributed by atoms with Gasteiger partial charge in [-0.05, 0) is 42.4 Å². The molecule has 1 saturated heterocycles. The molecule has 2 nitrogen and oxygen atoms in total. The van der Waals surface area contributed by atoms with Gasteiger partial charge in [0.1, 0.15) is 0 Å². The molecule has 116 valence electrons. The zero-order chi connectivity index (χ0) is 15.1. The number of nitrogens with zero attached hydrogens (tertiary/aromatic N) is 1. The first-order valence-electron chi connectivity index (χ1n) is 8.31. The molecule has 4 rings (SSSR count). The van der Waals surface area contributed by atoms with Gasteiger partial charge in [0.15, 0.2) is 0 Å². The van der Waals surface area contributed by atoms with Crippen LogP contribution in [0, 0.1) is 0 Å². The highest BCUT2D eigenvalue weighted by molar-refractivity contribution is 6.22. The molecule has 3 aliphatic rings. The number of aryl methyl sites for hydroxylation is 1. The Labute approximate surface area is 137 Å². The molecule has 2 aliphatic carbocycles. The van der Waals surface area contributed by atoms with Crippen LogP contribution < -0.4 is 0 Å². The first-order valence-corrected chi connectivity index (χ1v) is 8.75. The molecule has 0 bridgehead atoms. The number of alkyl halides is 1. The first-order chi connectivity index (χ1) is 10.8. The fourth-order valence-electron chi connectivity index (χ4n) is 4.40. The summed E-state index contributed by atoms with van der Waals surface area (Å²) in [5.74, 6) is 0.455. The topological polar surface area (TPSA) is 23.5 Å². The average Bonchev–Trinajstić information content (AvgIpc) is 2.86. The molecule has 3 heteroatoms. The molecule has 0 aromatic heterocycles. The van der Waals surface area contributed by atoms with Crippen LogP contribution in [0.3, 0.4) is 0 Å². The Morgan fingerprint density at radius 3 is 3.00 bits per heavy atom. The smallest absolute Gasteiger partial charge is 0.0557 e. The van der Waals surface area contributed by atoms with Crippen molar-refractivity contribution in [3.63, 3.8) is 0 Å². The van der Waals surface area contributed by atoms with E-state index in [1.807, 2.05) is 0 Å². The van der Waals surface area contributed by atoms with Crippen molar-refractivity contribution in [3.8, 4) is 0 Å². The SMILES string of the molecule is OCCCN1C2=CCC(Cl)C=C2C2c3ccccc3CCC21. The van der Waals surface area contributed by atoms with Crippen molar-refractivity contribution in [2.24, 2.45) is 0 Å². The lowest BCUT2D eigenvalue weighted by Crippen LogP contribution is -2.35. The molecule has 1 N–H and O–H groups in total. The average molecular weight is 316 g/mol. The van der Waals surface area contributed by atoms with Crippen molar-refractivity contribution in [1.29, 1.82) is 0 Å². The molecule has 1 aliphatic heterocycles. The van der Waals surface area contributed by atoms with E-state index < -0.39 is 0 Å². The molecule has 1 aromatic rings. The number of fused-ring (bicyclic) bond motifs is 5. The maximum atomic E-state index is 9.24. The van der Waals surface area contributed by atoms with Crippen molar-refractivity contribution >= 4 is 11.6 Å². The molecule has 1 heterocycles. The third-order valence-electron chi connectivity index (χ3n) is 5.28. The molecular formula is C19H22ClNO. The zero-order valence-electron chi connectivity index (χ0n) is 12.7. The van der Waals surface area contributed by atoms with E-state index >= 15 is 0 Å². The Bertz CT molecular complexity index is 636. The largest absolute Gasteiger partial charge is 0.396 e. The summed E-state index contributed by atoms with van der Waals surface area (Å²) in [4.78, 5) is 2.53. The number of likely N-dealkylation sites (tertiary alicyclic amines) is 1. The van der Waals surface area contributed by atoms with Gasteiger partial charge in [0.25, 0.3) is 0 Å². The molecule has 1 fully saturated rings. The predicted octanol–water partition coefficient (Wildman–Crippen LogP) is 3.60. The predicted molar refractivity (Wildman–Crippen MR) is 90.1 cm³/mol. The highest BCUT2D eigenvalue weighted by atomic mass is 35.5. The summed E-state index contributed by atoms with van der Waals surface area (Å²) >= 11 is 6.41. The maximum absolute atomic E-state index is 9.24. The maximum Gasteiger partial charge on any atom is 0.0557 e. The molecule has 3 unspecified atom stereocenters. The summed E-state index contributed by atoms with van der Waals surface area (Å²) < 4.78 is 0. The van der Waals surface area contributed by atoms with Gasteiger partial charge in [-0.3, -0.25) is 0 Å². The standard InChI is InChI=1S/C19H22ClNO/c20-14-7-9-17-16(12-14)19-15-5-2-1-4-13(15)6-8-18(19)21(17)10-3-11-22/h1-2,4-5,9,12,14,18-19,22H,3,6-8,10-11H2. The molecule has 0 saturated carbocycles. The second kappa shape index (κ2) is 5.75. The molecule has 0 radical (unpaired) electrons. The van der Waals surface area contributed by atoms with Crippen LogP contribution in [-0.4, -0.2) is 34.6 Å². The summed E-state index contributed by atoms with van der Waals surface area (Å²) in [6.45, 7) is 1.20. The van der Waals surface area contributed by atoms with E-state index in [0.29, 0.717) is 12.0 Å². The van der Waals surface area contributed by atoms with Gasteiger partial charge in [-0.15, -0.1) is 11.6 Å². The van der Waals surface area contributed by atoms with E-state index in [4.69, 9.17) is 11.6 Å². The number of rotatable bonds is 3. The van der Waals surface area contributed by atoms with Crippen LogP contribution in [0.25, 0.3) is 0 Å². The quantitative estimate of drug-likeness (QED) is 0.861. The van der Waals surface area contributed by atoms with Gasteiger partial charge in [0.2, 0.25) is 0 Å². The second-order valence-corrected chi connectivity index (χ2v) is 7.08. The van der Waals surface area contributed by atoms with Crippen LogP contribution in [0.4, 0.5) is 0 Å². The molecule has 0 amide bonds. The van der Waals surface area contributed by atoms with Gasteiger partial charge in [-0.25, -0.2) is 0 Å². The summed E-state index contributed by atoms with van der Waals surface area (Å²) in [7, 11) is 0. The minimum Gasteiger partial charge on any atom is -0.396 e. The number of benzene rings is 1. The van der Waals surface area contributed by atoms with E-state index in [1.54, 1.807) is 0 Å². The Hall–Kier alpha value is -1.25. The van der Waals surface area contributed by atoms with Crippen LogP contribution >= 0.6 is 11.6 Å². The fourth-order valence-corrected chi connectivity index (χ4v) is 4.62. The van der Waals surface area contributed by atoms with Gasteiger partial charge < -0.3 is 10.0 Å². The third kappa shape index (κ3) is 2.21. The van der Waals surface area contributed by atoms with Crippen LogP contribution in [0.1, 0.15) is 36.3 Å². The van der Waals surface area contributed by atoms with Crippen LogP contribution in [-0.2, 0) is 6.42 Å². The number of allylic oxidation sites excluding steroid dienone is 3. The first kappa shape index (κ1) is 14.3. The van der Waals surface area contributed by atoms with Crippen molar-refractivity contribution in [2.75, 3.05) is 13.2 Å². The van der Waals surface area contributed by atoms with Gasteiger partial charge in [0.05, 0.1) is 5.38 Å². The monoisotopic (exact) mass is 315 g/mol. The molecular weight excluding hydrogens is 294 g/mol. The lowest BCUT2D eigenvalue weighted by molar-refractivity contribution is 0.218. The zero-order valence-corrected chi connectivity index (χ0v) is 13.5. The normalized spacial score (nSPS) is 29.4. The van der Waals surface area contributed by atoms with E-state index in [0.717, 1.165) is 25.8 Å². The number of aliphatic hydroxyl groups excluding tert-OH is 1. The van der Waals surface area contributed by atoms with E-state index in [-0.39, 0.29) is 12.0 Å². The minimum absolute atomic E-state index is 0.117. The molecule has 1 aromatic carbocycles. The summed E-state index contributed by atoms with van der Waals surface area (Å²) in [6.07, 6.45) is 8.67. The van der Waals surface area contributed by atoms with Crippen LogP contribution in [0.2, 0.25) is 0 Å². The van der Waals surface area contributed by atoms with Crippen molar-refractivity contribution in [3.05, 3.63) is 58.8 Å². The molecule has 3 atom stereocenters. The fraction of sp³-hybridized carbons (Fsp3) is 0.474. The Kier molecular flexibility index (Phi) is 3.75. The number of halogens is 1. The van der Waals surface area contributed by atoms with Crippen LogP contribution in [0.15, 0.2) is 47.7 Å². The van der Waals surface area contributed by atoms with Gasteiger partial charge in [-0.1, -0.05) is 36.4 Å².